The van der Waals surface area contributed by atoms with E-state index in [0.717, 1.165) is 5.92 Å². The van der Waals surface area contributed by atoms with E-state index in [1.807, 2.05) is 0 Å². The average molecular weight is 567 g/mol. The lowest BCUT2D eigenvalue weighted by molar-refractivity contribution is -0.215. The van der Waals surface area contributed by atoms with Crippen molar-refractivity contribution in [3.05, 3.63) is 71.3 Å². The molecule has 0 N–H and O–H groups in total. The minimum atomic E-state index is -0.664. The molecule has 8 nitrogen and oxygen atoms in total. The fourth-order valence-corrected chi connectivity index (χ4v) is 5.51. The Balaban J connectivity index is 0.000000201. The van der Waals surface area contributed by atoms with E-state index in [2.05, 4.69) is 23.5 Å². The summed E-state index contributed by atoms with van der Waals surface area (Å²) in [5.41, 5.74) is 0.588. The first-order valence-corrected chi connectivity index (χ1v) is 14.2. The molecule has 3 aliphatic rings. The molecule has 41 heavy (non-hydrogen) atoms. The molecule has 0 unspecified atom stereocenters. The summed E-state index contributed by atoms with van der Waals surface area (Å²) in [7, 11) is 0. The largest absolute Gasteiger partial charge is 0.348 e. The first kappa shape index (κ1) is 30.7. The summed E-state index contributed by atoms with van der Waals surface area (Å²) in [5, 5.41) is 17.3. The number of hydrogen-bond acceptors (Lipinski definition) is 8. The molecule has 1 aliphatic carbocycles. The van der Waals surface area contributed by atoms with Gasteiger partial charge in [-0.3, -0.25) is 0 Å². The number of halogens is 2. The summed E-state index contributed by atoms with van der Waals surface area (Å²) in [4.78, 5) is 7.51. The number of rotatable bonds is 6. The molecule has 5 rings (SSSR count). The molecule has 4 heterocycles. The molecule has 218 valence electrons. The molecule has 0 bridgehead atoms. The Hall–Kier alpha value is -3.28. The number of ether oxygens (including phenoxy) is 4. The maximum atomic E-state index is 13.7. The minimum absolute atomic E-state index is 0.155. The van der Waals surface area contributed by atoms with Crippen LogP contribution in [0, 0.1) is 58.0 Å². The Morgan fingerprint density at radius 1 is 0.829 bits per heavy atom. The van der Waals surface area contributed by atoms with Crippen LogP contribution in [0.15, 0.2) is 37.2 Å². The van der Waals surface area contributed by atoms with Gasteiger partial charge in [0.05, 0.1) is 26.4 Å². The maximum Gasteiger partial charge on any atom is 0.185 e. The third-order valence-electron chi connectivity index (χ3n) is 7.92. The van der Waals surface area contributed by atoms with Gasteiger partial charge in [0.1, 0.15) is 12.1 Å². The molecule has 0 atom stereocenters. The molecule has 0 radical (unpaired) electrons. The number of nitriles is 2. The number of nitrogens with zero attached hydrogens (tertiary/aromatic N) is 4. The van der Waals surface area contributed by atoms with Crippen LogP contribution in [0.5, 0.6) is 0 Å². The van der Waals surface area contributed by atoms with E-state index in [4.69, 9.17) is 29.5 Å². The lowest BCUT2D eigenvalue weighted by Gasteiger charge is -2.37. The normalized spacial score (nSPS) is 27.9. The summed E-state index contributed by atoms with van der Waals surface area (Å²) >= 11 is 0. The molecule has 0 spiro atoms. The van der Waals surface area contributed by atoms with Crippen molar-refractivity contribution in [2.24, 2.45) is 23.7 Å². The molecule has 2 aromatic heterocycles. The zero-order valence-corrected chi connectivity index (χ0v) is 23.3. The number of hydrogen-bond donors (Lipinski definition) is 0. The molecule has 1 saturated carbocycles. The summed E-state index contributed by atoms with van der Waals surface area (Å²) in [6, 6.07) is 5.88. The lowest BCUT2D eigenvalue weighted by atomic mass is 9.75. The van der Waals surface area contributed by atoms with E-state index in [1.165, 1.54) is 63.1 Å². The second-order valence-corrected chi connectivity index (χ2v) is 10.7. The second kappa shape index (κ2) is 15.1. The smallest absolute Gasteiger partial charge is 0.185 e. The Labute approximate surface area is 239 Å². The second-order valence-electron chi connectivity index (χ2n) is 10.7. The van der Waals surface area contributed by atoms with Crippen molar-refractivity contribution < 1.29 is 27.7 Å². The van der Waals surface area contributed by atoms with Crippen molar-refractivity contribution in [1.29, 1.82) is 10.5 Å². The van der Waals surface area contributed by atoms with Crippen molar-refractivity contribution in [2.45, 2.75) is 58.0 Å². The van der Waals surface area contributed by atoms with Crippen molar-refractivity contribution in [3.8, 4) is 12.1 Å². The fourth-order valence-electron chi connectivity index (χ4n) is 5.51. The highest BCUT2D eigenvalue weighted by atomic mass is 19.1. The molecule has 0 amide bonds. The predicted octanol–water partition coefficient (Wildman–Crippen LogP) is 6.30. The maximum absolute atomic E-state index is 13.7. The van der Waals surface area contributed by atoms with Crippen molar-refractivity contribution in [1.82, 2.24) is 9.97 Å². The Morgan fingerprint density at radius 2 is 1.32 bits per heavy atom. The van der Waals surface area contributed by atoms with Gasteiger partial charge in [-0.1, -0.05) is 38.7 Å². The topological polar surface area (TPSA) is 110 Å². The van der Waals surface area contributed by atoms with Crippen LogP contribution in [-0.2, 0) is 18.9 Å². The van der Waals surface area contributed by atoms with Gasteiger partial charge in [0.15, 0.2) is 35.6 Å². The van der Waals surface area contributed by atoms with Crippen LogP contribution in [0.4, 0.5) is 8.78 Å². The van der Waals surface area contributed by atoms with Gasteiger partial charge in [0, 0.05) is 35.4 Å². The monoisotopic (exact) mass is 566 g/mol. The van der Waals surface area contributed by atoms with Crippen LogP contribution in [0.1, 0.15) is 80.5 Å². The van der Waals surface area contributed by atoms with E-state index in [1.54, 1.807) is 18.2 Å². The van der Waals surface area contributed by atoms with Gasteiger partial charge in [-0.05, 0) is 36.8 Å². The molecule has 0 aromatic carbocycles. The van der Waals surface area contributed by atoms with Crippen LogP contribution in [0.25, 0.3) is 0 Å². The van der Waals surface area contributed by atoms with Crippen LogP contribution < -0.4 is 0 Å². The van der Waals surface area contributed by atoms with Gasteiger partial charge in [-0.15, -0.1) is 6.58 Å². The molecular weight excluding hydrogens is 530 g/mol. The number of pyridine rings is 2. The molecular formula is C31H36F2N4O4. The molecule has 10 heteroatoms. The zero-order valence-electron chi connectivity index (χ0n) is 23.3. The van der Waals surface area contributed by atoms with Crippen molar-refractivity contribution in [3.63, 3.8) is 0 Å². The van der Waals surface area contributed by atoms with Gasteiger partial charge < -0.3 is 18.9 Å². The van der Waals surface area contributed by atoms with Crippen LogP contribution in [0.3, 0.4) is 0 Å². The summed E-state index contributed by atoms with van der Waals surface area (Å²) < 4.78 is 49.5. The Morgan fingerprint density at radius 3 is 1.73 bits per heavy atom. The summed E-state index contributed by atoms with van der Waals surface area (Å²) in [5.74, 6) is 0.871. The molecule has 3 fully saturated rings. The van der Waals surface area contributed by atoms with E-state index in [9.17, 15) is 8.78 Å². The van der Waals surface area contributed by atoms with Crippen LogP contribution in [0.2, 0.25) is 0 Å². The Kier molecular flexibility index (Phi) is 11.3. The van der Waals surface area contributed by atoms with Gasteiger partial charge in [-0.25, -0.2) is 18.7 Å². The molecule has 2 aliphatic heterocycles. The first-order valence-electron chi connectivity index (χ1n) is 14.2. The lowest BCUT2D eigenvalue weighted by Crippen LogP contribution is -2.34. The van der Waals surface area contributed by atoms with Gasteiger partial charge in [-0.2, -0.15) is 10.5 Å². The van der Waals surface area contributed by atoms with Crippen molar-refractivity contribution >= 4 is 0 Å². The van der Waals surface area contributed by atoms with E-state index in [0.29, 0.717) is 49.4 Å². The highest BCUT2D eigenvalue weighted by molar-refractivity contribution is 5.27. The number of aromatic nitrogens is 2. The highest BCUT2D eigenvalue weighted by Crippen LogP contribution is 2.38. The van der Waals surface area contributed by atoms with Crippen molar-refractivity contribution in [2.75, 3.05) is 26.4 Å². The Bertz CT molecular complexity index is 1240. The van der Waals surface area contributed by atoms with Gasteiger partial charge in [0.25, 0.3) is 0 Å². The highest BCUT2D eigenvalue weighted by Gasteiger charge is 2.32. The van der Waals surface area contributed by atoms with E-state index < -0.39 is 24.2 Å². The van der Waals surface area contributed by atoms with Crippen LogP contribution in [-0.4, -0.2) is 36.4 Å². The van der Waals surface area contributed by atoms with Crippen LogP contribution >= 0.6 is 0 Å². The summed E-state index contributed by atoms with van der Waals surface area (Å²) in [6.45, 7) is 8.17. The fraction of sp³-hybridized carbons (Fsp3) is 0.548. The van der Waals surface area contributed by atoms with Gasteiger partial charge in [0.2, 0.25) is 0 Å². The predicted molar refractivity (Wildman–Crippen MR) is 145 cm³/mol. The SMILES string of the molecule is C=CC1COC(c2cnc(C#N)c(F)c2)OC1.CCCC1CCC(C2COC(c3cnc(C#N)c(F)c3)OC2)CC1. The van der Waals surface area contributed by atoms with Gasteiger partial charge >= 0.3 is 0 Å². The quantitative estimate of drug-likeness (QED) is 0.375. The van der Waals surface area contributed by atoms with E-state index in [-0.39, 0.29) is 17.3 Å². The minimum Gasteiger partial charge on any atom is -0.348 e. The standard InChI is InChI=1S/C19H25FN2O2.C12H11FN2O2/c1-2-3-13-4-6-14(7-5-13)16-11-23-19(24-12-16)15-8-17(20)18(9-21)22-10-15;1-2-8-6-16-12(17-7-8)9-3-10(13)11(4-14)15-5-9/h8,10,13-14,16,19H,2-7,11-12H2,1H3;2-3,5,8,12H,1,6-7H2. The average Bonchev–Trinajstić information content (AvgIpc) is 3.02. The van der Waals surface area contributed by atoms with E-state index >= 15 is 0 Å². The third kappa shape index (κ3) is 8.15. The third-order valence-corrected chi connectivity index (χ3v) is 7.92. The molecule has 2 saturated heterocycles. The summed E-state index contributed by atoms with van der Waals surface area (Å²) in [6.07, 6.45) is 11.2. The first-order chi connectivity index (χ1) is 19.9. The zero-order chi connectivity index (χ0) is 29.2. The molecule has 2 aromatic rings.